The molecule has 134 valence electrons. The van der Waals surface area contributed by atoms with Gasteiger partial charge in [0.25, 0.3) is 0 Å². The van der Waals surface area contributed by atoms with Crippen molar-refractivity contribution in [3.05, 3.63) is 49.2 Å². The minimum Gasteiger partial charge on any atom is -0.481 e. The monoisotopic (exact) mass is 538 g/mol. The Morgan fingerprint density at radius 3 is 1.56 bits per heavy atom. The highest BCUT2D eigenvalue weighted by molar-refractivity contribution is 9.11. The van der Waals surface area contributed by atoms with Crippen molar-refractivity contribution in [3.8, 4) is 5.88 Å². The minimum absolute atomic E-state index is 0.370. The van der Waals surface area contributed by atoms with Crippen LogP contribution >= 0.6 is 47.8 Å². The SMILES string of the molecule is COC(=O)c1cc(Br)nc(Br)c1.COC(=O)c1cc(Br)nc(OC)c1. The maximum atomic E-state index is 11.1. The summed E-state index contributed by atoms with van der Waals surface area (Å²) in [6.07, 6.45) is 0. The van der Waals surface area contributed by atoms with E-state index in [0.29, 0.717) is 30.8 Å². The van der Waals surface area contributed by atoms with Gasteiger partial charge in [-0.25, -0.2) is 19.6 Å². The fourth-order valence-electron chi connectivity index (χ4n) is 1.51. The zero-order valence-corrected chi connectivity index (χ0v) is 18.1. The van der Waals surface area contributed by atoms with Gasteiger partial charge in [-0.3, -0.25) is 0 Å². The Bertz CT molecular complexity index is 751. The number of halogens is 3. The lowest BCUT2D eigenvalue weighted by molar-refractivity contribution is 0.0591. The van der Waals surface area contributed by atoms with Crippen molar-refractivity contribution in [1.82, 2.24) is 9.97 Å². The highest BCUT2D eigenvalue weighted by atomic mass is 79.9. The summed E-state index contributed by atoms with van der Waals surface area (Å²) in [4.78, 5) is 30.1. The first kappa shape index (κ1) is 21.5. The third-order valence-electron chi connectivity index (χ3n) is 2.58. The van der Waals surface area contributed by atoms with E-state index in [0.717, 1.165) is 0 Å². The van der Waals surface area contributed by atoms with Crippen LogP contribution in [-0.4, -0.2) is 43.2 Å². The molecule has 0 bridgehead atoms. The van der Waals surface area contributed by atoms with Gasteiger partial charge in [0.2, 0.25) is 5.88 Å². The van der Waals surface area contributed by atoms with Crippen LogP contribution < -0.4 is 4.74 Å². The van der Waals surface area contributed by atoms with Crippen LogP contribution in [0.25, 0.3) is 0 Å². The molecule has 0 spiro atoms. The number of pyridine rings is 2. The van der Waals surface area contributed by atoms with Crippen LogP contribution in [0.3, 0.4) is 0 Å². The number of hydrogen-bond donors (Lipinski definition) is 0. The third-order valence-corrected chi connectivity index (χ3v) is 3.80. The van der Waals surface area contributed by atoms with Crippen LogP contribution in [0.2, 0.25) is 0 Å². The van der Waals surface area contributed by atoms with E-state index >= 15 is 0 Å². The Morgan fingerprint density at radius 2 is 1.16 bits per heavy atom. The average Bonchev–Trinajstić information content (AvgIpc) is 2.59. The molecule has 7 nitrogen and oxygen atoms in total. The minimum atomic E-state index is -0.415. The molecule has 2 heterocycles. The lowest BCUT2D eigenvalue weighted by Gasteiger charge is -2.02. The number of rotatable bonds is 3. The van der Waals surface area contributed by atoms with Gasteiger partial charge in [0.15, 0.2) is 0 Å². The smallest absolute Gasteiger partial charge is 0.338 e. The molecule has 0 aliphatic heterocycles. The Hall–Kier alpha value is -1.52. The summed E-state index contributed by atoms with van der Waals surface area (Å²) in [7, 11) is 4.14. The second-order valence-electron chi connectivity index (χ2n) is 4.21. The van der Waals surface area contributed by atoms with E-state index < -0.39 is 5.97 Å². The van der Waals surface area contributed by atoms with Crippen molar-refractivity contribution in [1.29, 1.82) is 0 Å². The topological polar surface area (TPSA) is 87.6 Å². The summed E-state index contributed by atoms with van der Waals surface area (Å²) in [6, 6.07) is 6.26. The molecular formula is C15H13Br3N2O5. The highest BCUT2D eigenvalue weighted by Crippen LogP contribution is 2.17. The molecule has 0 fully saturated rings. The molecule has 10 heteroatoms. The fraction of sp³-hybridized carbons (Fsp3) is 0.200. The number of nitrogens with zero attached hydrogens (tertiary/aromatic N) is 2. The normalized spacial score (nSPS) is 9.52. The molecule has 0 aromatic carbocycles. The number of esters is 2. The molecule has 0 radical (unpaired) electrons. The zero-order chi connectivity index (χ0) is 19.0. The van der Waals surface area contributed by atoms with Gasteiger partial charge in [-0.15, -0.1) is 0 Å². The Balaban J connectivity index is 0.000000251. The lowest BCUT2D eigenvalue weighted by atomic mass is 10.3. The molecule has 0 saturated carbocycles. The number of carbonyl (C=O) groups is 2. The maximum absolute atomic E-state index is 11.1. The van der Waals surface area contributed by atoms with E-state index in [1.165, 1.54) is 27.4 Å². The van der Waals surface area contributed by atoms with Crippen molar-refractivity contribution < 1.29 is 23.8 Å². The lowest BCUT2D eigenvalue weighted by Crippen LogP contribution is -2.02. The van der Waals surface area contributed by atoms with Crippen molar-refractivity contribution in [2.24, 2.45) is 0 Å². The number of methoxy groups -OCH3 is 3. The van der Waals surface area contributed by atoms with Gasteiger partial charge in [0.1, 0.15) is 13.8 Å². The molecule has 0 amide bonds. The van der Waals surface area contributed by atoms with Gasteiger partial charge >= 0.3 is 11.9 Å². The summed E-state index contributed by atoms with van der Waals surface area (Å²) in [6.45, 7) is 0. The summed E-state index contributed by atoms with van der Waals surface area (Å²) in [5.41, 5.74) is 0.868. The van der Waals surface area contributed by atoms with Crippen LogP contribution in [-0.2, 0) is 9.47 Å². The van der Waals surface area contributed by atoms with Crippen molar-refractivity contribution in [2.75, 3.05) is 21.3 Å². The highest BCUT2D eigenvalue weighted by Gasteiger charge is 2.09. The molecule has 0 atom stereocenters. The quantitative estimate of drug-likeness (QED) is 0.429. The van der Waals surface area contributed by atoms with Gasteiger partial charge in [-0.05, 0) is 66.0 Å². The fourth-order valence-corrected chi connectivity index (χ4v) is 3.05. The summed E-state index contributed by atoms with van der Waals surface area (Å²) < 4.78 is 15.7. The van der Waals surface area contributed by atoms with Gasteiger partial charge in [-0.2, -0.15) is 0 Å². The van der Waals surface area contributed by atoms with Crippen molar-refractivity contribution >= 4 is 59.7 Å². The molecule has 0 unspecified atom stereocenters. The summed E-state index contributed by atoms with van der Waals surface area (Å²) in [5.74, 6) is -0.421. The molecule has 2 rings (SSSR count). The van der Waals surface area contributed by atoms with Crippen LogP contribution in [0.15, 0.2) is 38.1 Å². The van der Waals surface area contributed by atoms with E-state index in [9.17, 15) is 9.59 Å². The second kappa shape index (κ2) is 10.5. The largest absolute Gasteiger partial charge is 0.481 e. The number of aromatic nitrogens is 2. The van der Waals surface area contributed by atoms with Crippen LogP contribution in [0.5, 0.6) is 5.88 Å². The van der Waals surface area contributed by atoms with Crippen molar-refractivity contribution in [3.63, 3.8) is 0 Å². The Kier molecular flexibility index (Phi) is 9.01. The van der Waals surface area contributed by atoms with Gasteiger partial charge < -0.3 is 14.2 Å². The van der Waals surface area contributed by atoms with Gasteiger partial charge in [-0.1, -0.05) is 0 Å². The molecule has 25 heavy (non-hydrogen) atoms. The maximum Gasteiger partial charge on any atom is 0.338 e. The van der Waals surface area contributed by atoms with E-state index in [-0.39, 0.29) is 5.97 Å². The van der Waals surface area contributed by atoms with E-state index in [1.807, 2.05) is 0 Å². The van der Waals surface area contributed by atoms with Crippen molar-refractivity contribution in [2.45, 2.75) is 0 Å². The predicted octanol–water partition coefficient (Wildman–Crippen LogP) is 4.03. The summed E-state index contributed by atoms with van der Waals surface area (Å²) >= 11 is 9.48. The average molecular weight is 541 g/mol. The van der Waals surface area contributed by atoms with Gasteiger partial charge in [0.05, 0.1) is 32.5 Å². The molecule has 0 saturated heterocycles. The molecule has 0 aliphatic rings. The second-order valence-corrected chi connectivity index (χ2v) is 6.64. The third kappa shape index (κ3) is 7.09. The molecule has 0 aliphatic carbocycles. The van der Waals surface area contributed by atoms with E-state index in [2.05, 4.69) is 67.2 Å². The first-order valence-electron chi connectivity index (χ1n) is 6.52. The molecule has 2 aromatic rings. The number of ether oxygens (including phenoxy) is 3. The zero-order valence-electron chi connectivity index (χ0n) is 13.4. The molecular weight excluding hydrogens is 528 g/mol. The van der Waals surface area contributed by atoms with Crippen LogP contribution in [0.4, 0.5) is 0 Å². The van der Waals surface area contributed by atoms with E-state index in [1.54, 1.807) is 18.2 Å². The Morgan fingerprint density at radius 1 is 0.760 bits per heavy atom. The number of carbonyl (C=O) groups excluding carboxylic acids is 2. The Labute approximate surface area is 169 Å². The number of hydrogen-bond acceptors (Lipinski definition) is 7. The van der Waals surface area contributed by atoms with Crippen LogP contribution in [0, 0.1) is 0 Å². The van der Waals surface area contributed by atoms with E-state index in [4.69, 9.17) is 4.74 Å². The first-order valence-corrected chi connectivity index (χ1v) is 8.90. The first-order chi connectivity index (χ1) is 11.8. The van der Waals surface area contributed by atoms with Gasteiger partial charge in [0, 0.05) is 6.07 Å². The molecule has 2 aromatic heterocycles. The predicted molar refractivity (Wildman–Crippen MR) is 101 cm³/mol. The summed E-state index contributed by atoms with van der Waals surface area (Å²) in [5, 5.41) is 0. The van der Waals surface area contributed by atoms with Crippen LogP contribution in [0.1, 0.15) is 20.7 Å². The standard InChI is InChI=1S/C8H8BrNO3.C7H5Br2NO2/c1-12-7-4-5(8(11)13-2)3-6(9)10-7;1-12-7(11)4-2-5(8)10-6(9)3-4/h3-4H,1-2H3;2-3H,1H3. The molecule has 0 N–H and O–H groups in total.